The number of aliphatic hydroxyl groups is 1. The molecule has 1 atom stereocenters. The van der Waals surface area contributed by atoms with Gasteiger partial charge in [0, 0.05) is 25.1 Å². The molecule has 2 rings (SSSR count). The fraction of sp³-hybridized carbons (Fsp3) is 0.684. The van der Waals surface area contributed by atoms with E-state index in [9.17, 15) is 5.11 Å². The van der Waals surface area contributed by atoms with E-state index < -0.39 is 0 Å². The van der Waals surface area contributed by atoms with Gasteiger partial charge in [0.1, 0.15) is 0 Å². The van der Waals surface area contributed by atoms with Crippen molar-refractivity contribution in [3.05, 3.63) is 35.9 Å². The van der Waals surface area contributed by atoms with Crippen LogP contribution in [0.3, 0.4) is 0 Å². The minimum absolute atomic E-state index is 0.135. The first kappa shape index (κ1) is 16.5. The average molecular weight is 289 g/mol. The number of aliphatic hydroxyl groups excluding tert-OH is 1. The van der Waals surface area contributed by atoms with E-state index in [1.807, 2.05) is 0 Å². The molecule has 1 aromatic carbocycles. The monoisotopic (exact) mass is 289 g/mol. The molecule has 21 heavy (non-hydrogen) atoms. The molecular formula is C19H31NO. The van der Waals surface area contributed by atoms with Gasteiger partial charge in [-0.1, -0.05) is 63.4 Å². The molecule has 2 heteroatoms. The summed E-state index contributed by atoms with van der Waals surface area (Å²) in [5.74, 6) is 1.17. The minimum Gasteiger partial charge on any atom is -0.396 e. The van der Waals surface area contributed by atoms with Crippen molar-refractivity contribution in [2.75, 3.05) is 19.7 Å². The van der Waals surface area contributed by atoms with Crippen LogP contribution in [0.1, 0.15) is 57.4 Å². The summed E-state index contributed by atoms with van der Waals surface area (Å²) < 4.78 is 0. The summed E-state index contributed by atoms with van der Waals surface area (Å²) >= 11 is 0. The Morgan fingerprint density at radius 1 is 1.10 bits per heavy atom. The van der Waals surface area contributed by atoms with Crippen molar-refractivity contribution < 1.29 is 5.11 Å². The SMILES string of the molecule is CC(C)C(CNCC1(CO)CCCCC1)c1ccccc1. The summed E-state index contributed by atoms with van der Waals surface area (Å²) in [6, 6.07) is 10.8. The van der Waals surface area contributed by atoms with E-state index in [4.69, 9.17) is 0 Å². The van der Waals surface area contributed by atoms with E-state index in [0.717, 1.165) is 13.1 Å². The second kappa shape index (κ2) is 7.95. The van der Waals surface area contributed by atoms with Crippen molar-refractivity contribution in [2.45, 2.75) is 51.9 Å². The quantitative estimate of drug-likeness (QED) is 0.796. The molecule has 118 valence electrons. The largest absolute Gasteiger partial charge is 0.396 e. The Morgan fingerprint density at radius 2 is 1.76 bits per heavy atom. The van der Waals surface area contributed by atoms with Gasteiger partial charge in [-0.2, -0.15) is 0 Å². The molecule has 2 N–H and O–H groups in total. The summed E-state index contributed by atoms with van der Waals surface area (Å²) in [7, 11) is 0. The van der Waals surface area contributed by atoms with Gasteiger partial charge < -0.3 is 10.4 Å². The fourth-order valence-electron chi connectivity index (χ4n) is 3.62. The second-order valence-electron chi connectivity index (χ2n) is 7.11. The lowest BCUT2D eigenvalue weighted by molar-refractivity contribution is 0.0807. The number of rotatable bonds is 7. The maximum absolute atomic E-state index is 9.79. The summed E-state index contributed by atoms with van der Waals surface area (Å²) in [5, 5.41) is 13.5. The van der Waals surface area contributed by atoms with Crippen LogP contribution >= 0.6 is 0 Å². The number of nitrogens with one attached hydrogen (secondary N) is 1. The van der Waals surface area contributed by atoms with Gasteiger partial charge in [-0.05, 0) is 30.2 Å². The molecule has 1 aliphatic rings. The third-order valence-electron chi connectivity index (χ3n) is 5.15. The highest BCUT2D eigenvalue weighted by Crippen LogP contribution is 2.35. The normalized spacial score (nSPS) is 19.6. The predicted octanol–water partition coefficient (Wildman–Crippen LogP) is 3.96. The van der Waals surface area contributed by atoms with Crippen LogP contribution in [-0.2, 0) is 0 Å². The standard InChI is InChI=1S/C19H31NO/c1-16(2)18(17-9-5-3-6-10-17)13-20-14-19(15-21)11-7-4-8-12-19/h3,5-6,9-10,16,18,20-21H,4,7-8,11-15H2,1-2H3. The summed E-state index contributed by atoms with van der Waals surface area (Å²) in [6.07, 6.45) is 6.23. The highest BCUT2D eigenvalue weighted by molar-refractivity contribution is 5.20. The lowest BCUT2D eigenvalue weighted by Gasteiger charge is -2.36. The molecule has 0 saturated heterocycles. The summed E-state index contributed by atoms with van der Waals surface area (Å²) in [4.78, 5) is 0. The third-order valence-corrected chi connectivity index (χ3v) is 5.15. The van der Waals surface area contributed by atoms with Crippen LogP contribution in [0.5, 0.6) is 0 Å². The Bertz CT molecular complexity index is 395. The first-order valence-electron chi connectivity index (χ1n) is 8.53. The van der Waals surface area contributed by atoms with Crippen LogP contribution in [0.2, 0.25) is 0 Å². The van der Waals surface area contributed by atoms with Gasteiger partial charge in [0.15, 0.2) is 0 Å². The zero-order valence-electron chi connectivity index (χ0n) is 13.6. The summed E-state index contributed by atoms with van der Waals surface area (Å²) in [5.41, 5.74) is 1.55. The van der Waals surface area contributed by atoms with Crippen LogP contribution in [0.25, 0.3) is 0 Å². The average Bonchev–Trinajstić information content (AvgIpc) is 2.53. The third kappa shape index (κ3) is 4.55. The smallest absolute Gasteiger partial charge is 0.0499 e. The second-order valence-corrected chi connectivity index (χ2v) is 7.11. The highest BCUT2D eigenvalue weighted by atomic mass is 16.3. The molecule has 0 aromatic heterocycles. The van der Waals surface area contributed by atoms with E-state index in [0.29, 0.717) is 18.4 Å². The van der Waals surface area contributed by atoms with Gasteiger partial charge in [0.25, 0.3) is 0 Å². The van der Waals surface area contributed by atoms with Crippen molar-refractivity contribution in [2.24, 2.45) is 11.3 Å². The van der Waals surface area contributed by atoms with Crippen molar-refractivity contribution >= 4 is 0 Å². The number of hydrogen-bond acceptors (Lipinski definition) is 2. The minimum atomic E-state index is 0.135. The van der Waals surface area contributed by atoms with Crippen LogP contribution < -0.4 is 5.32 Å². The molecule has 0 bridgehead atoms. The topological polar surface area (TPSA) is 32.3 Å². The zero-order valence-corrected chi connectivity index (χ0v) is 13.6. The Kier molecular flexibility index (Phi) is 6.25. The Balaban J connectivity index is 1.90. The molecule has 0 aliphatic heterocycles. The van der Waals surface area contributed by atoms with Crippen LogP contribution in [-0.4, -0.2) is 24.8 Å². The molecule has 1 aromatic rings. The van der Waals surface area contributed by atoms with Gasteiger partial charge >= 0.3 is 0 Å². The fourth-order valence-corrected chi connectivity index (χ4v) is 3.62. The van der Waals surface area contributed by atoms with Crippen molar-refractivity contribution in [3.63, 3.8) is 0 Å². The lowest BCUT2D eigenvalue weighted by atomic mass is 9.74. The number of benzene rings is 1. The number of hydrogen-bond donors (Lipinski definition) is 2. The molecule has 2 nitrogen and oxygen atoms in total. The Hall–Kier alpha value is -0.860. The van der Waals surface area contributed by atoms with Crippen molar-refractivity contribution in [3.8, 4) is 0 Å². The van der Waals surface area contributed by atoms with Crippen molar-refractivity contribution in [1.29, 1.82) is 0 Å². The van der Waals surface area contributed by atoms with Crippen LogP contribution in [0, 0.1) is 11.3 Å². The summed E-state index contributed by atoms with van der Waals surface area (Å²) in [6.45, 7) is 6.88. The van der Waals surface area contributed by atoms with Crippen LogP contribution in [0.15, 0.2) is 30.3 Å². The van der Waals surface area contributed by atoms with Crippen molar-refractivity contribution in [1.82, 2.24) is 5.32 Å². The van der Waals surface area contributed by atoms with E-state index in [-0.39, 0.29) is 5.41 Å². The maximum Gasteiger partial charge on any atom is 0.0499 e. The maximum atomic E-state index is 9.79. The molecule has 0 radical (unpaired) electrons. The van der Waals surface area contributed by atoms with E-state index >= 15 is 0 Å². The molecule has 1 saturated carbocycles. The van der Waals surface area contributed by atoms with Gasteiger partial charge in [-0.25, -0.2) is 0 Å². The van der Waals surface area contributed by atoms with Gasteiger partial charge in [0.2, 0.25) is 0 Å². The van der Waals surface area contributed by atoms with E-state index in [2.05, 4.69) is 49.5 Å². The Morgan fingerprint density at radius 3 is 2.33 bits per heavy atom. The van der Waals surface area contributed by atoms with Gasteiger partial charge in [-0.3, -0.25) is 0 Å². The van der Waals surface area contributed by atoms with E-state index in [1.165, 1.54) is 37.7 Å². The molecule has 1 aliphatic carbocycles. The highest BCUT2D eigenvalue weighted by Gasteiger charge is 2.31. The molecule has 1 fully saturated rings. The first-order valence-corrected chi connectivity index (χ1v) is 8.53. The predicted molar refractivity (Wildman–Crippen MR) is 89.5 cm³/mol. The molecule has 0 spiro atoms. The molecular weight excluding hydrogens is 258 g/mol. The van der Waals surface area contributed by atoms with Crippen LogP contribution in [0.4, 0.5) is 0 Å². The van der Waals surface area contributed by atoms with Gasteiger partial charge in [0.05, 0.1) is 0 Å². The lowest BCUT2D eigenvalue weighted by Crippen LogP contribution is -2.40. The van der Waals surface area contributed by atoms with Gasteiger partial charge in [-0.15, -0.1) is 0 Å². The first-order chi connectivity index (χ1) is 10.2. The Labute approximate surface area is 130 Å². The van der Waals surface area contributed by atoms with E-state index in [1.54, 1.807) is 0 Å². The zero-order chi connectivity index (χ0) is 15.1. The molecule has 0 amide bonds. The molecule has 1 unspecified atom stereocenters. The molecule has 0 heterocycles.